The summed E-state index contributed by atoms with van der Waals surface area (Å²) in [4.78, 5) is 0. The Hall–Kier alpha value is -0.440. The molecule has 1 heterocycles. The molecule has 2 fully saturated rings. The number of aliphatic hydroxyl groups is 9. The zero-order valence-electron chi connectivity index (χ0n) is 11.9. The molecule has 1 saturated carbocycles. The number of ether oxygens (including phenoxy) is 2. The molecule has 136 valence electrons. The Balaban J connectivity index is 2.13. The number of hydrogen-bond acceptors (Lipinski definition) is 11. The van der Waals surface area contributed by atoms with Crippen molar-refractivity contribution >= 4 is 0 Å². The molecule has 0 spiro atoms. The summed E-state index contributed by atoms with van der Waals surface area (Å²) in [7, 11) is 0. The zero-order valence-corrected chi connectivity index (χ0v) is 11.9. The summed E-state index contributed by atoms with van der Waals surface area (Å²) in [6, 6.07) is 0. The molecule has 11 nitrogen and oxygen atoms in total. The standard InChI is InChI=1S/C12H22O11/c13-1-2-3(14)4(15)10(21)12(22-2)23-11-8(19)6(17)5(16)7(18)9(11)20/h2-21H,1H2/t2-,3+,4+,5-,6-,7+,8+,9+,10-,11-,12-/m1/s1. The van der Waals surface area contributed by atoms with Crippen LogP contribution in [0.25, 0.3) is 0 Å². The quantitative estimate of drug-likeness (QED) is 0.236. The minimum atomic E-state index is -1.83. The maximum atomic E-state index is 9.85. The molecule has 1 saturated heterocycles. The Morgan fingerprint density at radius 1 is 0.609 bits per heavy atom. The van der Waals surface area contributed by atoms with Gasteiger partial charge in [0.15, 0.2) is 6.29 Å². The molecule has 11 heteroatoms. The molecule has 0 radical (unpaired) electrons. The first-order valence-corrected chi connectivity index (χ1v) is 7.07. The third-order valence-electron chi connectivity index (χ3n) is 4.21. The summed E-state index contributed by atoms with van der Waals surface area (Å²) < 4.78 is 10.2. The summed E-state index contributed by atoms with van der Waals surface area (Å²) in [6.07, 6.45) is -18.9. The predicted octanol–water partition coefficient (Wildman–Crippen LogP) is -6.01. The number of hydrogen-bond donors (Lipinski definition) is 9. The van der Waals surface area contributed by atoms with Gasteiger partial charge in [0.1, 0.15) is 61.0 Å². The molecule has 2 rings (SSSR count). The molecule has 2 aliphatic rings. The van der Waals surface area contributed by atoms with Crippen molar-refractivity contribution < 1.29 is 55.4 Å². The van der Waals surface area contributed by atoms with Crippen molar-refractivity contribution in [3.8, 4) is 0 Å². The summed E-state index contributed by atoms with van der Waals surface area (Å²) in [5.41, 5.74) is 0. The second kappa shape index (κ2) is 7.21. The molecule has 0 unspecified atom stereocenters. The maximum absolute atomic E-state index is 9.85. The lowest BCUT2D eigenvalue weighted by molar-refractivity contribution is -0.339. The SMILES string of the molecule is OC[C@H]1O[C@H](O[C@@H]2[C@@H](O)[C@H](O)[C@@H](O)[C@H](O)[C@@H]2O)[C@H](O)[C@@H](O)[C@H]1O. The molecule has 0 aromatic rings. The fourth-order valence-corrected chi connectivity index (χ4v) is 2.69. The van der Waals surface area contributed by atoms with Gasteiger partial charge in [-0.1, -0.05) is 0 Å². The highest BCUT2D eigenvalue weighted by Crippen LogP contribution is 2.29. The lowest BCUT2D eigenvalue weighted by Crippen LogP contribution is -2.67. The van der Waals surface area contributed by atoms with Crippen molar-refractivity contribution in [3.63, 3.8) is 0 Å². The van der Waals surface area contributed by atoms with Gasteiger partial charge in [-0.25, -0.2) is 0 Å². The Morgan fingerprint density at radius 3 is 1.52 bits per heavy atom. The van der Waals surface area contributed by atoms with E-state index >= 15 is 0 Å². The Bertz CT molecular complexity index is 377. The Labute approximate surface area is 130 Å². The summed E-state index contributed by atoms with van der Waals surface area (Å²) in [6.45, 7) is -0.704. The molecule has 1 aliphatic heterocycles. The molecule has 0 aromatic heterocycles. The number of aliphatic hydroxyl groups excluding tert-OH is 9. The van der Waals surface area contributed by atoms with Crippen LogP contribution < -0.4 is 0 Å². The van der Waals surface area contributed by atoms with Crippen LogP contribution >= 0.6 is 0 Å². The summed E-state index contributed by atoms with van der Waals surface area (Å²) in [5, 5.41) is 86.6. The summed E-state index contributed by atoms with van der Waals surface area (Å²) >= 11 is 0. The third-order valence-corrected chi connectivity index (χ3v) is 4.21. The Morgan fingerprint density at radius 2 is 1.04 bits per heavy atom. The van der Waals surface area contributed by atoms with Crippen LogP contribution in [0.5, 0.6) is 0 Å². The lowest BCUT2D eigenvalue weighted by atomic mass is 9.84. The van der Waals surface area contributed by atoms with E-state index in [0.29, 0.717) is 0 Å². The Kier molecular flexibility index (Phi) is 5.92. The highest BCUT2D eigenvalue weighted by molar-refractivity contribution is 5.00. The van der Waals surface area contributed by atoms with Gasteiger partial charge in [0.2, 0.25) is 0 Å². The fourth-order valence-electron chi connectivity index (χ4n) is 2.69. The van der Waals surface area contributed by atoms with Crippen molar-refractivity contribution in [3.05, 3.63) is 0 Å². The zero-order chi connectivity index (χ0) is 17.5. The van der Waals surface area contributed by atoms with Crippen molar-refractivity contribution in [2.75, 3.05) is 6.61 Å². The van der Waals surface area contributed by atoms with Crippen molar-refractivity contribution in [1.82, 2.24) is 0 Å². The van der Waals surface area contributed by atoms with Crippen LogP contribution in [0.15, 0.2) is 0 Å². The first kappa shape index (κ1) is 18.9. The van der Waals surface area contributed by atoms with Gasteiger partial charge >= 0.3 is 0 Å². The lowest BCUT2D eigenvalue weighted by Gasteiger charge is -2.45. The minimum Gasteiger partial charge on any atom is -0.394 e. The monoisotopic (exact) mass is 342 g/mol. The maximum Gasteiger partial charge on any atom is 0.187 e. The molecule has 9 N–H and O–H groups in total. The molecule has 0 aromatic carbocycles. The van der Waals surface area contributed by atoms with Gasteiger partial charge in [0.05, 0.1) is 6.61 Å². The molecule has 0 bridgehead atoms. The molecule has 11 atom stereocenters. The van der Waals surface area contributed by atoms with E-state index in [9.17, 15) is 40.9 Å². The van der Waals surface area contributed by atoms with E-state index in [1.807, 2.05) is 0 Å². The van der Waals surface area contributed by atoms with Gasteiger partial charge in [-0.2, -0.15) is 0 Å². The second-order valence-electron chi connectivity index (χ2n) is 5.75. The van der Waals surface area contributed by atoms with Gasteiger partial charge in [-0.15, -0.1) is 0 Å². The van der Waals surface area contributed by atoms with E-state index in [2.05, 4.69) is 0 Å². The normalized spacial score (nSPS) is 54.9. The number of rotatable bonds is 3. The van der Waals surface area contributed by atoms with E-state index < -0.39 is 73.9 Å². The molecule has 1 aliphatic carbocycles. The van der Waals surface area contributed by atoms with E-state index in [-0.39, 0.29) is 0 Å². The van der Waals surface area contributed by atoms with Crippen LogP contribution in [0, 0.1) is 0 Å². The molecule has 0 amide bonds. The van der Waals surface area contributed by atoms with E-state index in [4.69, 9.17) is 14.6 Å². The molecular formula is C12H22O11. The molecular weight excluding hydrogens is 320 g/mol. The van der Waals surface area contributed by atoms with Crippen LogP contribution in [0.2, 0.25) is 0 Å². The molecule has 23 heavy (non-hydrogen) atoms. The third kappa shape index (κ3) is 3.36. The van der Waals surface area contributed by atoms with Gasteiger partial charge in [-0.3, -0.25) is 0 Å². The van der Waals surface area contributed by atoms with Crippen LogP contribution in [0.3, 0.4) is 0 Å². The van der Waals surface area contributed by atoms with Gasteiger partial charge in [-0.05, 0) is 0 Å². The van der Waals surface area contributed by atoms with Crippen LogP contribution in [0.4, 0.5) is 0 Å². The average Bonchev–Trinajstić information content (AvgIpc) is 2.54. The van der Waals surface area contributed by atoms with Crippen LogP contribution in [0.1, 0.15) is 0 Å². The summed E-state index contributed by atoms with van der Waals surface area (Å²) in [5.74, 6) is 0. The second-order valence-corrected chi connectivity index (χ2v) is 5.75. The highest BCUT2D eigenvalue weighted by atomic mass is 16.7. The van der Waals surface area contributed by atoms with E-state index in [1.165, 1.54) is 0 Å². The average molecular weight is 342 g/mol. The van der Waals surface area contributed by atoms with Gasteiger partial charge < -0.3 is 55.4 Å². The topological polar surface area (TPSA) is 201 Å². The van der Waals surface area contributed by atoms with Crippen molar-refractivity contribution in [1.29, 1.82) is 0 Å². The van der Waals surface area contributed by atoms with Crippen molar-refractivity contribution in [2.45, 2.75) is 67.3 Å². The smallest absolute Gasteiger partial charge is 0.187 e. The van der Waals surface area contributed by atoms with Gasteiger partial charge in [0.25, 0.3) is 0 Å². The first-order valence-electron chi connectivity index (χ1n) is 7.07. The minimum absolute atomic E-state index is 0.704. The van der Waals surface area contributed by atoms with E-state index in [1.54, 1.807) is 0 Å². The van der Waals surface area contributed by atoms with Crippen LogP contribution in [-0.2, 0) is 9.47 Å². The van der Waals surface area contributed by atoms with Crippen molar-refractivity contribution in [2.24, 2.45) is 0 Å². The predicted molar refractivity (Wildman–Crippen MR) is 68.7 cm³/mol. The van der Waals surface area contributed by atoms with Gasteiger partial charge in [0, 0.05) is 0 Å². The fraction of sp³-hybridized carbons (Fsp3) is 1.00. The largest absolute Gasteiger partial charge is 0.394 e. The first-order chi connectivity index (χ1) is 10.7. The van der Waals surface area contributed by atoms with E-state index in [0.717, 1.165) is 0 Å². The van der Waals surface area contributed by atoms with Crippen LogP contribution in [-0.4, -0.2) is 120 Å². The highest BCUT2D eigenvalue weighted by Gasteiger charge is 2.52.